The van der Waals surface area contributed by atoms with Crippen LogP contribution in [0.2, 0.25) is 0 Å². The van der Waals surface area contributed by atoms with Crippen molar-refractivity contribution in [1.29, 1.82) is 0 Å². The minimum absolute atomic E-state index is 0.149. The second-order valence-corrected chi connectivity index (χ2v) is 9.52. The van der Waals surface area contributed by atoms with Crippen LogP contribution in [0.25, 0.3) is 0 Å². The molecule has 2 heterocycles. The fourth-order valence-corrected chi connectivity index (χ4v) is 5.77. The summed E-state index contributed by atoms with van der Waals surface area (Å²) in [5.41, 5.74) is 3.38. The number of hydrogen-bond donors (Lipinski definition) is 1. The number of carbonyl (C=O) groups is 1. The van der Waals surface area contributed by atoms with Crippen molar-refractivity contribution in [3.63, 3.8) is 0 Å². The van der Waals surface area contributed by atoms with E-state index < -0.39 is 9.73 Å². The fourth-order valence-electron chi connectivity index (χ4n) is 3.46. The number of ketones is 1. The van der Waals surface area contributed by atoms with E-state index in [2.05, 4.69) is 9.46 Å². The van der Waals surface area contributed by atoms with E-state index in [-0.39, 0.29) is 17.2 Å². The Morgan fingerprint density at radius 3 is 2.42 bits per heavy atom. The first-order valence-corrected chi connectivity index (χ1v) is 10.7. The van der Waals surface area contributed by atoms with Crippen LogP contribution in [0.4, 0.5) is 5.69 Å². The lowest BCUT2D eigenvalue weighted by molar-refractivity contribution is 0.103. The Hall–Kier alpha value is -2.15. The fraction of sp³-hybridized carbons (Fsp3) is 0.474. The topological polar surface area (TPSA) is 84.6 Å². The number of aromatic nitrogens is 2. The summed E-state index contributed by atoms with van der Waals surface area (Å²) in [4.78, 5) is 13.0. The Labute approximate surface area is 154 Å². The molecular formula is C19H25N3O3S. The van der Waals surface area contributed by atoms with Crippen LogP contribution in [0, 0.1) is 20.8 Å². The van der Waals surface area contributed by atoms with Gasteiger partial charge in [0.25, 0.3) is 0 Å². The van der Waals surface area contributed by atoms with Gasteiger partial charge in [-0.05, 0) is 44.7 Å². The zero-order chi connectivity index (χ0) is 19.1. The molecule has 6 nitrogen and oxygen atoms in total. The molecule has 1 N–H and O–H groups in total. The quantitative estimate of drug-likeness (QED) is 0.831. The highest BCUT2D eigenvalue weighted by Crippen LogP contribution is 2.32. The van der Waals surface area contributed by atoms with E-state index >= 15 is 0 Å². The minimum atomic E-state index is -2.26. The molecule has 2 aromatic rings. The molecule has 0 radical (unpaired) electrons. The lowest BCUT2D eigenvalue weighted by Crippen LogP contribution is -2.16. The molecule has 0 unspecified atom stereocenters. The molecule has 0 saturated carbocycles. The molecule has 0 amide bonds. The minimum Gasteiger partial charge on any atom is -0.493 e. The van der Waals surface area contributed by atoms with Crippen molar-refractivity contribution in [2.75, 3.05) is 11.5 Å². The lowest BCUT2D eigenvalue weighted by atomic mass is 9.96. The van der Waals surface area contributed by atoms with E-state index in [4.69, 9.17) is 0 Å². The Balaban J connectivity index is 2.12. The summed E-state index contributed by atoms with van der Waals surface area (Å²) in [6.07, 6.45) is 2.96. The first-order chi connectivity index (χ1) is 12.2. The van der Waals surface area contributed by atoms with Gasteiger partial charge >= 0.3 is 0 Å². The monoisotopic (exact) mass is 375 g/mol. The van der Waals surface area contributed by atoms with Crippen molar-refractivity contribution in [2.24, 2.45) is 11.4 Å². The number of nitrogens with zero attached hydrogens (tertiary/aromatic N) is 3. The van der Waals surface area contributed by atoms with Crippen LogP contribution >= 0.6 is 0 Å². The highest BCUT2D eigenvalue weighted by Gasteiger charge is 2.24. The molecule has 0 spiro atoms. The number of aryl methyl sites for hydroxylation is 3. The Bertz CT molecular complexity index is 986. The average molecular weight is 375 g/mol. The van der Waals surface area contributed by atoms with Gasteiger partial charge in [0.15, 0.2) is 0 Å². The van der Waals surface area contributed by atoms with Gasteiger partial charge in [-0.2, -0.15) is 9.46 Å². The van der Waals surface area contributed by atoms with Crippen molar-refractivity contribution < 1.29 is 14.1 Å². The highest BCUT2D eigenvalue weighted by atomic mass is 32.2. The third kappa shape index (κ3) is 3.28. The van der Waals surface area contributed by atoms with Gasteiger partial charge in [0.05, 0.1) is 21.1 Å². The zero-order valence-corrected chi connectivity index (χ0v) is 16.5. The van der Waals surface area contributed by atoms with Crippen molar-refractivity contribution in [1.82, 2.24) is 9.78 Å². The van der Waals surface area contributed by atoms with Crippen LogP contribution in [-0.2, 0) is 16.8 Å². The van der Waals surface area contributed by atoms with Crippen LogP contribution in [0.15, 0.2) is 16.5 Å². The second kappa shape index (κ2) is 6.87. The molecule has 0 atom stereocenters. The Morgan fingerprint density at radius 2 is 1.85 bits per heavy atom. The number of benzene rings is 1. The SMILES string of the molecule is Cc1ccc(C(=O)c2c(C)nn(C)c2O)c(C)c1N=S1(=O)CCCCC1. The Morgan fingerprint density at radius 1 is 1.19 bits per heavy atom. The van der Waals surface area contributed by atoms with E-state index in [1.807, 2.05) is 19.9 Å². The summed E-state index contributed by atoms with van der Waals surface area (Å²) in [5, 5.41) is 14.3. The van der Waals surface area contributed by atoms with Gasteiger partial charge in [-0.1, -0.05) is 18.6 Å². The molecule has 0 aliphatic carbocycles. The summed E-state index contributed by atoms with van der Waals surface area (Å²) < 4.78 is 19.0. The van der Waals surface area contributed by atoms with E-state index in [0.29, 0.717) is 34.0 Å². The summed E-state index contributed by atoms with van der Waals surface area (Å²) >= 11 is 0. The van der Waals surface area contributed by atoms with Crippen LogP contribution in [0.5, 0.6) is 5.88 Å². The molecule has 1 fully saturated rings. The van der Waals surface area contributed by atoms with Gasteiger partial charge in [0, 0.05) is 24.1 Å². The van der Waals surface area contributed by atoms with Gasteiger partial charge in [0.1, 0.15) is 5.56 Å². The number of carbonyl (C=O) groups excluding carboxylic acids is 1. The van der Waals surface area contributed by atoms with Crippen LogP contribution < -0.4 is 0 Å². The van der Waals surface area contributed by atoms with Gasteiger partial charge in [0.2, 0.25) is 11.7 Å². The normalized spacial score (nSPS) is 16.5. The van der Waals surface area contributed by atoms with Crippen molar-refractivity contribution in [3.05, 3.63) is 40.1 Å². The molecular weight excluding hydrogens is 350 g/mol. The standard InChI is InChI=1S/C19H25N3O3S/c1-12-8-9-15(18(23)16-14(3)20-22(4)19(16)24)13(2)17(12)21-26(25)10-6-5-7-11-26/h8-9,24H,5-7,10-11H2,1-4H3. The second-order valence-electron chi connectivity index (χ2n) is 6.97. The third-order valence-corrected chi connectivity index (χ3v) is 7.35. The molecule has 1 aromatic heterocycles. The summed E-state index contributed by atoms with van der Waals surface area (Å²) in [7, 11) is -0.667. The van der Waals surface area contributed by atoms with Gasteiger partial charge in [-0.3, -0.25) is 4.79 Å². The molecule has 1 aliphatic heterocycles. The zero-order valence-electron chi connectivity index (χ0n) is 15.7. The maximum absolute atomic E-state index is 13.0. The predicted octanol–water partition coefficient (Wildman–Crippen LogP) is 3.57. The number of aromatic hydroxyl groups is 1. The summed E-state index contributed by atoms with van der Waals surface area (Å²) in [5.74, 6) is 0.795. The van der Waals surface area contributed by atoms with Crippen LogP contribution in [0.3, 0.4) is 0 Å². The summed E-state index contributed by atoms with van der Waals surface area (Å²) in [6.45, 7) is 5.44. The first-order valence-electron chi connectivity index (χ1n) is 8.83. The molecule has 140 valence electrons. The van der Waals surface area contributed by atoms with Crippen molar-refractivity contribution >= 4 is 21.2 Å². The van der Waals surface area contributed by atoms with Crippen molar-refractivity contribution in [2.45, 2.75) is 40.0 Å². The average Bonchev–Trinajstić information content (AvgIpc) is 2.84. The third-order valence-electron chi connectivity index (χ3n) is 4.98. The van der Waals surface area contributed by atoms with E-state index in [0.717, 1.165) is 24.8 Å². The maximum atomic E-state index is 13.0. The molecule has 1 aliphatic rings. The number of hydrogen-bond acceptors (Lipinski definition) is 5. The maximum Gasteiger partial charge on any atom is 0.220 e. The number of rotatable bonds is 3. The smallest absolute Gasteiger partial charge is 0.220 e. The molecule has 3 rings (SSSR count). The molecule has 1 saturated heterocycles. The van der Waals surface area contributed by atoms with E-state index in [9.17, 15) is 14.1 Å². The van der Waals surface area contributed by atoms with E-state index in [1.54, 1.807) is 20.0 Å². The van der Waals surface area contributed by atoms with Crippen molar-refractivity contribution in [3.8, 4) is 5.88 Å². The molecule has 1 aromatic carbocycles. The predicted molar refractivity (Wildman–Crippen MR) is 103 cm³/mol. The Kier molecular flexibility index (Phi) is 4.92. The lowest BCUT2D eigenvalue weighted by Gasteiger charge is -2.17. The largest absolute Gasteiger partial charge is 0.493 e. The van der Waals surface area contributed by atoms with Gasteiger partial charge in [-0.15, -0.1) is 0 Å². The first kappa shape index (κ1) is 18.6. The van der Waals surface area contributed by atoms with E-state index in [1.165, 1.54) is 4.68 Å². The molecule has 7 heteroatoms. The van der Waals surface area contributed by atoms with Gasteiger partial charge < -0.3 is 5.11 Å². The van der Waals surface area contributed by atoms with Gasteiger partial charge in [-0.25, -0.2) is 8.89 Å². The van der Waals surface area contributed by atoms with Crippen LogP contribution in [0.1, 0.15) is 52.0 Å². The van der Waals surface area contributed by atoms with Crippen LogP contribution in [-0.4, -0.2) is 36.4 Å². The molecule has 0 bridgehead atoms. The summed E-state index contributed by atoms with van der Waals surface area (Å²) in [6, 6.07) is 3.57. The molecule has 26 heavy (non-hydrogen) atoms. The highest BCUT2D eigenvalue weighted by molar-refractivity contribution is 7.93.